The smallest absolute Gasteiger partial charge is 0.548 e. The van der Waals surface area contributed by atoms with Crippen LogP contribution in [0.4, 0.5) is 0 Å². The van der Waals surface area contributed by atoms with Crippen molar-refractivity contribution in [2.45, 2.75) is 19.0 Å². The summed E-state index contributed by atoms with van der Waals surface area (Å²) in [5.41, 5.74) is 0. The van der Waals surface area contributed by atoms with Crippen molar-refractivity contribution < 1.29 is 45.6 Å². The Kier molecular flexibility index (Phi) is 24.5. The maximum atomic E-state index is 11.4. The Morgan fingerprint density at radius 3 is 0.649 bits per heavy atom. The SMILES string of the molecule is O=C([O-])C(Cl)(Cl)Cl.O=C([O-])C(Cl)(Cl)Cl.O=C([O][Al]([O]C(=O)C(Cl)(Cl)Cl)[O]C(=O)C(Cl)(Cl)Cl)C(Cl)(Cl)Cl.[Mg+2]. The van der Waals surface area contributed by atoms with Crippen LogP contribution >= 0.6 is 174 Å². The predicted octanol–water partition coefficient (Wildman–Crippen LogP) is 3.54. The summed E-state index contributed by atoms with van der Waals surface area (Å²) in [6.45, 7) is 0. The first-order valence-electron chi connectivity index (χ1n) is 6.83. The fourth-order valence-electron chi connectivity index (χ4n) is 0.535. The average Bonchev–Trinajstić information content (AvgIpc) is 2.58. The number of alkyl halides is 15. The van der Waals surface area contributed by atoms with E-state index in [-0.39, 0.29) is 23.1 Å². The zero-order chi connectivity index (χ0) is 30.1. The molecule has 0 aliphatic heterocycles. The standard InChI is InChI=1S/5C2HCl3O2.Al.Mg/c5*3-2(4,5)1(6)7;;/h5*(H,6,7);;/q;;;;;+3;+2/p-5. The van der Waals surface area contributed by atoms with E-state index >= 15 is 0 Å². The Labute approximate surface area is 302 Å². The van der Waals surface area contributed by atoms with Gasteiger partial charge >= 0.3 is 56.1 Å². The number of rotatable bonds is 3. The fraction of sp³-hybridized carbons (Fsp3) is 0.500. The van der Waals surface area contributed by atoms with Crippen LogP contribution in [0.25, 0.3) is 0 Å². The second kappa shape index (κ2) is 19.3. The molecule has 0 aliphatic carbocycles. The van der Waals surface area contributed by atoms with Crippen LogP contribution in [-0.4, -0.2) is 87.0 Å². The van der Waals surface area contributed by atoms with E-state index in [1.165, 1.54) is 0 Å². The summed E-state index contributed by atoms with van der Waals surface area (Å²) in [7, 11) is 0. The van der Waals surface area contributed by atoms with Crippen LogP contribution in [-0.2, 0) is 35.3 Å². The Morgan fingerprint density at radius 1 is 0.432 bits per heavy atom. The van der Waals surface area contributed by atoms with Crippen LogP contribution < -0.4 is 10.2 Å². The summed E-state index contributed by atoms with van der Waals surface area (Å²) >= 11 is 71.4. The van der Waals surface area contributed by atoms with Crippen LogP contribution in [0.1, 0.15) is 0 Å². The van der Waals surface area contributed by atoms with Gasteiger partial charge in [0.15, 0.2) is 0 Å². The molecule has 37 heavy (non-hydrogen) atoms. The van der Waals surface area contributed by atoms with Crippen LogP contribution in [0.15, 0.2) is 0 Å². The Morgan fingerprint density at radius 2 is 0.568 bits per heavy atom. The summed E-state index contributed by atoms with van der Waals surface area (Å²) in [5, 5.41) is 19.0. The zero-order valence-electron chi connectivity index (χ0n) is 16.0. The van der Waals surface area contributed by atoms with Crippen LogP contribution in [0.5, 0.6) is 0 Å². The summed E-state index contributed by atoms with van der Waals surface area (Å²) in [5.74, 6) is -8.04. The summed E-state index contributed by atoms with van der Waals surface area (Å²) in [6, 6.07) is 0. The molecule has 0 radical (unpaired) electrons. The van der Waals surface area contributed by atoms with E-state index in [1.54, 1.807) is 0 Å². The average molecular weight is 863 g/mol. The summed E-state index contributed by atoms with van der Waals surface area (Å²) in [4.78, 5) is 53.1. The first-order valence-corrected chi connectivity index (χ1v) is 13.9. The molecule has 0 aromatic carbocycles. The van der Waals surface area contributed by atoms with Gasteiger partial charge in [0.05, 0.1) is 11.9 Å². The monoisotopic (exact) mass is 855 g/mol. The molecule has 0 unspecified atom stereocenters. The number of halogens is 15. The molecule has 0 aromatic rings. The fourth-order valence-corrected chi connectivity index (χ4v) is 2.81. The molecule has 0 fully saturated rings. The zero-order valence-corrected chi connectivity index (χ0v) is 29.9. The van der Waals surface area contributed by atoms with Crippen LogP contribution in [0.2, 0.25) is 0 Å². The van der Waals surface area contributed by atoms with E-state index in [4.69, 9.17) is 174 Å². The number of carboxylic acids is 2. The molecule has 0 N–H and O–H groups in total. The number of carbonyl (C=O) groups is 5. The topological polar surface area (TPSA) is 159 Å². The molecule has 0 aromatic heterocycles. The summed E-state index contributed by atoms with van der Waals surface area (Å²) < 4.78 is 0.986. The molecule has 27 heteroatoms. The van der Waals surface area contributed by atoms with Crippen molar-refractivity contribution in [1.29, 1.82) is 0 Å². The first kappa shape index (κ1) is 46.9. The first-order chi connectivity index (χ1) is 15.4. The van der Waals surface area contributed by atoms with E-state index < -0.39 is 64.0 Å². The molecule has 0 bridgehead atoms. The Bertz CT molecular complexity index is 707. The van der Waals surface area contributed by atoms with Gasteiger partial charge in [0, 0.05) is 0 Å². The van der Waals surface area contributed by atoms with E-state index in [9.17, 15) is 34.2 Å². The molecule has 0 saturated carbocycles. The van der Waals surface area contributed by atoms with E-state index in [1.807, 2.05) is 0 Å². The van der Waals surface area contributed by atoms with Gasteiger partial charge in [-0.1, -0.05) is 174 Å². The number of hydrogen-bond acceptors (Lipinski definition) is 10. The number of carboxylic acid groups (broad SMARTS) is 2. The minimum Gasteiger partial charge on any atom is -0.548 e. The Balaban J connectivity index is -0.000000297. The van der Waals surface area contributed by atoms with Gasteiger partial charge in [0.2, 0.25) is 7.59 Å². The Hall–Kier alpha value is 3.00. The van der Waals surface area contributed by atoms with Crippen LogP contribution in [0.3, 0.4) is 0 Å². The van der Waals surface area contributed by atoms with Gasteiger partial charge in [0.25, 0.3) is 11.4 Å². The van der Waals surface area contributed by atoms with Crippen molar-refractivity contribution in [2.75, 3.05) is 0 Å². The number of hydrogen-bond donors (Lipinski definition) is 0. The van der Waals surface area contributed by atoms with Crippen molar-refractivity contribution in [1.82, 2.24) is 0 Å². The molecule has 0 spiro atoms. The predicted molar refractivity (Wildman–Crippen MR) is 141 cm³/mol. The molecular formula is C10AlCl15MgO10. The van der Waals surface area contributed by atoms with Crippen LogP contribution in [0, 0.1) is 0 Å². The molecule has 0 heterocycles. The molecule has 10 nitrogen and oxygen atoms in total. The van der Waals surface area contributed by atoms with Crippen molar-refractivity contribution in [3.63, 3.8) is 0 Å². The van der Waals surface area contributed by atoms with Crippen molar-refractivity contribution in [3.8, 4) is 0 Å². The van der Waals surface area contributed by atoms with Gasteiger partial charge in [-0.15, -0.1) is 0 Å². The minimum absolute atomic E-state index is 0. The third-order valence-corrected chi connectivity index (χ3v) is 5.30. The van der Waals surface area contributed by atoms with Crippen molar-refractivity contribution >= 4 is 242 Å². The van der Waals surface area contributed by atoms with Crippen molar-refractivity contribution in [2.24, 2.45) is 0 Å². The van der Waals surface area contributed by atoms with Gasteiger partial charge in [-0.3, -0.25) is 14.4 Å². The summed E-state index contributed by atoms with van der Waals surface area (Å²) in [6.07, 6.45) is 0. The second-order valence-electron chi connectivity index (χ2n) is 4.57. The quantitative estimate of drug-likeness (QED) is 0.304. The number of aliphatic carboxylic acids is 2. The molecular weight excluding hydrogens is 863 g/mol. The maximum Gasteiger partial charge on any atom is 2.00 e. The van der Waals surface area contributed by atoms with E-state index in [0.717, 1.165) is 0 Å². The second-order valence-corrected chi connectivity index (χ2v) is 17.3. The van der Waals surface area contributed by atoms with Gasteiger partial charge in [0.1, 0.15) is 0 Å². The maximum absolute atomic E-state index is 11.4. The molecule has 0 aliphatic rings. The molecule has 210 valence electrons. The van der Waals surface area contributed by atoms with E-state index in [0.29, 0.717) is 0 Å². The normalized spacial score (nSPS) is 11.6. The van der Waals surface area contributed by atoms with Gasteiger partial charge in [-0.25, -0.2) is 0 Å². The molecule has 0 amide bonds. The van der Waals surface area contributed by atoms with Gasteiger partial charge in [-0.2, -0.15) is 0 Å². The largest absolute Gasteiger partial charge is 2.00 e. The third kappa shape index (κ3) is 26.4. The van der Waals surface area contributed by atoms with E-state index in [2.05, 4.69) is 11.4 Å². The third-order valence-electron chi connectivity index (χ3n) is 1.77. The minimum atomic E-state index is -4.02. The van der Waals surface area contributed by atoms with Crippen molar-refractivity contribution in [3.05, 3.63) is 0 Å². The van der Waals surface area contributed by atoms with Gasteiger partial charge in [-0.05, 0) is 0 Å². The van der Waals surface area contributed by atoms with Gasteiger partial charge < -0.3 is 31.2 Å². The molecule has 0 saturated heterocycles. The number of carbonyl (C=O) groups excluding carboxylic acids is 5. The molecule has 0 atom stereocenters. The molecule has 0 rings (SSSR count).